The zero-order chi connectivity index (χ0) is 34.8. The summed E-state index contributed by atoms with van der Waals surface area (Å²) in [6, 6.07) is 30.6. The van der Waals surface area contributed by atoms with Crippen LogP contribution < -0.4 is 0 Å². The lowest BCUT2D eigenvalue weighted by molar-refractivity contribution is -0.0853. The van der Waals surface area contributed by atoms with Gasteiger partial charge in [-0.05, 0) is 37.0 Å². The number of ether oxygens (including phenoxy) is 4. The monoisotopic (exact) mass is 672 g/mol. The highest BCUT2D eigenvalue weighted by Gasteiger charge is 2.38. The predicted octanol–water partition coefficient (Wildman–Crippen LogP) is 12.2. The Balaban J connectivity index is 1.47. The van der Waals surface area contributed by atoms with Gasteiger partial charge in [-0.2, -0.15) is 0 Å². The molecule has 3 aromatic rings. The van der Waals surface area contributed by atoms with Crippen molar-refractivity contribution in [3.63, 3.8) is 0 Å². The number of rotatable bonds is 27. The molecule has 0 amide bonds. The van der Waals surface area contributed by atoms with Crippen LogP contribution in [0.4, 0.5) is 4.79 Å². The fourth-order valence-corrected chi connectivity index (χ4v) is 6.43. The van der Waals surface area contributed by atoms with E-state index in [0.717, 1.165) is 29.5 Å². The highest BCUT2D eigenvalue weighted by atomic mass is 16.7. The van der Waals surface area contributed by atoms with Crippen LogP contribution in [-0.4, -0.2) is 38.2 Å². The van der Waals surface area contributed by atoms with Gasteiger partial charge in [-0.3, -0.25) is 0 Å². The summed E-state index contributed by atoms with van der Waals surface area (Å²) in [5.41, 5.74) is 2.06. The van der Waals surface area contributed by atoms with Crippen molar-refractivity contribution in [2.75, 3.05) is 19.8 Å². The van der Waals surface area contributed by atoms with Gasteiger partial charge in [0.05, 0.1) is 19.3 Å². The normalized spacial score (nSPS) is 12.2. The second-order valence-electron chi connectivity index (χ2n) is 13.6. The van der Waals surface area contributed by atoms with Crippen molar-refractivity contribution in [1.29, 1.82) is 0 Å². The lowest BCUT2D eigenvalue weighted by Gasteiger charge is -2.37. The van der Waals surface area contributed by atoms with Crippen LogP contribution in [0.3, 0.4) is 0 Å². The summed E-state index contributed by atoms with van der Waals surface area (Å²) in [4.78, 5) is 12.6. The summed E-state index contributed by atoms with van der Waals surface area (Å²) in [7, 11) is 0. The lowest BCUT2D eigenvalue weighted by atomic mass is 9.80. The molecule has 3 rings (SSSR count). The summed E-state index contributed by atoms with van der Waals surface area (Å²) < 4.78 is 24.1. The highest BCUT2D eigenvalue weighted by Crippen LogP contribution is 2.40. The van der Waals surface area contributed by atoms with Crippen molar-refractivity contribution in [2.24, 2.45) is 0 Å². The van der Waals surface area contributed by atoms with E-state index in [4.69, 9.17) is 18.9 Å². The van der Waals surface area contributed by atoms with Gasteiger partial charge in [-0.25, -0.2) is 4.79 Å². The average Bonchev–Trinajstić information content (AvgIpc) is 3.12. The summed E-state index contributed by atoms with van der Waals surface area (Å²) in [6.45, 7) is 6.90. The number of hydrogen-bond acceptors (Lipinski definition) is 5. The summed E-state index contributed by atoms with van der Waals surface area (Å²) in [5, 5.41) is 0. The van der Waals surface area contributed by atoms with E-state index in [2.05, 4.69) is 43.3 Å². The van der Waals surface area contributed by atoms with E-state index in [0.29, 0.717) is 6.61 Å². The fourth-order valence-electron chi connectivity index (χ4n) is 6.43. The van der Waals surface area contributed by atoms with E-state index >= 15 is 0 Å². The van der Waals surface area contributed by atoms with Crippen LogP contribution in [0.25, 0.3) is 0 Å². The average molecular weight is 673 g/mol. The Morgan fingerprint density at radius 3 is 1.31 bits per heavy atom. The third kappa shape index (κ3) is 15.5. The number of carbonyl (C=O) groups is 1. The van der Waals surface area contributed by atoms with E-state index < -0.39 is 17.9 Å². The van der Waals surface area contributed by atoms with E-state index in [1.54, 1.807) is 0 Å². The quantitative estimate of drug-likeness (QED) is 0.0458. The Bertz CT molecular complexity index is 1120. The maximum Gasteiger partial charge on any atom is 0.508 e. The third-order valence-corrected chi connectivity index (χ3v) is 9.07. The van der Waals surface area contributed by atoms with Crippen molar-refractivity contribution in [1.82, 2.24) is 0 Å². The maximum absolute atomic E-state index is 12.6. The molecule has 0 aromatic heterocycles. The molecule has 0 aliphatic carbocycles. The predicted molar refractivity (Wildman–Crippen MR) is 202 cm³/mol. The molecule has 270 valence electrons. The Morgan fingerprint density at radius 1 is 0.531 bits per heavy atom. The van der Waals surface area contributed by atoms with Crippen LogP contribution in [0.1, 0.15) is 140 Å². The first-order valence-electron chi connectivity index (χ1n) is 19.3. The van der Waals surface area contributed by atoms with Gasteiger partial charge >= 0.3 is 6.16 Å². The molecule has 5 nitrogen and oxygen atoms in total. The molecule has 0 bridgehead atoms. The molecule has 5 heteroatoms. The number of benzene rings is 3. The van der Waals surface area contributed by atoms with Gasteiger partial charge in [0.1, 0.15) is 5.60 Å². The fraction of sp³-hybridized carbons (Fsp3) is 0.568. The van der Waals surface area contributed by atoms with Crippen LogP contribution in [0.5, 0.6) is 0 Å². The molecular formula is C44H64O5. The molecule has 0 heterocycles. The molecule has 3 aromatic carbocycles. The van der Waals surface area contributed by atoms with Gasteiger partial charge in [0, 0.05) is 6.61 Å². The molecule has 0 N–H and O–H groups in total. The second-order valence-corrected chi connectivity index (χ2v) is 13.6. The van der Waals surface area contributed by atoms with Crippen molar-refractivity contribution >= 4 is 6.16 Å². The maximum atomic E-state index is 12.6. The van der Waals surface area contributed by atoms with Crippen molar-refractivity contribution in [3.8, 4) is 0 Å². The first-order valence-corrected chi connectivity index (χ1v) is 19.3. The smallest absolute Gasteiger partial charge is 0.432 e. The van der Waals surface area contributed by atoms with E-state index in [1.165, 1.54) is 89.9 Å². The zero-order valence-electron chi connectivity index (χ0n) is 30.8. The second kappa shape index (κ2) is 24.9. The standard InChI is InChI=1S/C44H64O5/c1-4-5-6-7-8-9-10-11-12-13-14-15-16-17-18-28-35-46-36-42(49-43(45)48-38(2)3)37-47-44(39-29-22-19-23-30-39,40-31-24-20-25-32-40)41-33-26-21-27-34-41/h19-27,29-34,38,42H,4-18,28,35-37H2,1-3H3. The van der Waals surface area contributed by atoms with E-state index in [1.807, 2.05) is 68.4 Å². The molecule has 0 fully saturated rings. The minimum atomic E-state index is -0.915. The molecular weight excluding hydrogens is 608 g/mol. The summed E-state index contributed by atoms with van der Waals surface area (Å²) in [6.07, 6.45) is 19.7. The molecule has 0 saturated heterocycles. The SMILES string of the molecule is CCCCCCCCCCCCCCCCCCOCC(COC(c1ccccc1)(c1ccccc1)c1ccccc1)OC(=O)OC(C)C. The van der Waals surface area contributed by atoms with Crippen LogP contribution in [0, 0.1) is 0 Å². The zero-order valence-corrected chi connectivity index (χ0v) is 30.8. The molecule has 0 radical (unpaired) electrons. The third-order valence-electron chi connectivity index (χ3n) is 9.07. The van der Waals surface area contributed by atoms with Crippen LogP contribution in [-0.2, 0) is 24.5 Å². The van der Waals surface area contributed by atoms with Crippen molar-refractivity contribution in [2.45, 2.75) is 141 Å². The van der Waals surface area contributed by atoms with Crippen LogP contribution in [0.15, 0.2) is 91.0 Å². The van der Waals surface area contributed by atoms with Crippen molar-refractivity contribution in [3.05, 3.63) is 108 Å². The molecule has 1 atom stereocenters. The van der Waals surface area contributed by atoms with Gasteiger partial charge in [-0.1, -0.05) is 194 Å². The Kier molecular flexibility index (Phi) is 20.5. The molecule has 0 spiro atoms. The topological polar surface area (TPSA) is 54.0 Å². The van der Waals surface area contributed by atoms with Crippen LogP contribution in [0.2, 0.25) is 0 Å². The van der Waals surface area contributed by atoms with Crippen molar-refractivity contribution < 1.29 is 23.7 Å². The Morgan fingerprint density at radius 2 is 0.918 bits per heavy atom. The number of hydrogen-bond donors (Lipinski definition) is 0. The van der Waals surface area contributed by atoms with E-state index in [-0.39, 0.29) is 19.3 Å². The van der Waals surface area contributed by atoms with Gasteiger partial charge in [0.15, 0.2) is 6.10 Å². The summed E-state index contributed by atoms with van der Waals surface area (Å²) in [5.74, 6) is 0. The number of unbranched alkanes of at least 4 members (excludes halogenated alkanes) is 15. The molecule has 0 saturated carbocycles. The molecule has 0 aliphatic rings. The highest BCUT2D eigenvalue weighted by molar-refractivity contribution is 5.60. The first kappa shape index (κ1) is 40.3. The Labute approximate surface area is 298 Å². The Hall–Kier alpha value is -3.15. The lowest BCUT2D eigenvalue weighted by Crippen LogP contribution is -2.38. The minimum Gasteiger partial charge on any atom is -0.432 e. The van der Waals surface area contributed by atoms with Gasteiger partial charge in [-0.15, -0.1) is 0 Å². The number of carbonyl (C=O) groups excluding carboxylic acids is 1. The first-order chi connectivity index (χ1) is 24.1. The minimum absolute atomic E-state index is 0.130. The van der Waals surface area contributed by atoms with Gasteiger partial charge in [0.25, 0.3) is 0 Å². The van der Waals surface area contributed by atoms with E-state index in [9.17, 15) is 4.79 Å². The molecule has 49 heavy (non-hydrogen) atoms. The largest absolute Gasteiger partial charge is 0.508 e. The molecule has 1 unspecified atom stereocenters. The van der Waals surface area contributed by atoms with Gasteiger partial charge < -0.3 is 18.9 Å². The van der Waals surface area contributed by atoms with Crippen LogP contribution >= 0.6 is 0 Å². The molecule has 0 aliphatic heterocycles. The summed E-state index contributed by atoms with van der Waals surface area (Å²) >= 11 is 0. The van der Waals surface area contributed by atoms with Gasteiger partial charge in [0.2, 0.25) is 0 Å².